The number of carbonyl (C=O) groups is 1. The van der Waals surface area contributed by atoms with Crippen molar-refractivity contribution in [3.05, 3.63) is 71.0 Å². The Hall–Kier alpha value is -3.13. The first kappa shape index (κ1) is 19.6. The number of nitrogens with zero attached hydrogens (tertiary/aromatic N) is 1. The number of carbonyl (C=O) groups excluding carboxylic acids is 1. The van der Waals surface area contributed by atoms with Crippen molar-refractivity contribution in [3.8, 4) is 11.8 Å². The molecule has 0 spiro atoms. The minimum atomic E-state index is -0.314. The first-order chi connectivity index (χ1) is 13.6. The molecule has 2 aromatic carbocycles. The van der Waals surface area contributed by atoms with Crippen LogP contribution in [0.2, 0.25) is 0 Å². The van der Waals surface area contributed by atoms with Crippen molar-refractivity contribution in [1.29, 1.82) is 5.26 Å². The smallest absolute Gasteiger partial charge is 0.262 e. The number of nitrogens with one attached hydrogen (secondary N) is 1. The van der Waals surface area contributed by atoms with Gasteiger partial charge in [0.15, 0.2) is 0 Å². The van der Waals surface area contributed by atoms with Crippen LogP contribution in [0.3, 0.4) is 0 Å². The predicted octanol–water partition coefficient (Wildman–Crippen LogP) is 4.76. The predicted molar refractivity (Wildman–Crippen MR) is 106 cm³/mol. The van der Waals surface area contributed by atoms with E-state index in [4.69, 9.17) is 4.74 Å². The second-order valence-electron chi connectivity index (χ2n) is 6.96. The van der Waals surface area contributed by atoms with E-state index in [0.717, 1.165) is 36.8 Å². The van der Waals surface area contributed by atoms with E-state index in [1.165, 1.54) is 18.6 Å². The van der Waals surface area contributed by atoms with Crippen molar-refractivity contribution in [2.75, 3.05) is 0 Å². The molecule has 0 bridgehead atoms. The molecule has 1 amide bonds. The fraction of sp³-hybridized carbons (Fsp3) is 0.304. The maximum atomic E-state index is 12.9. The van der Waals surface area contributed by atoms with E-state index < -0.39 is 0 Å². The Morgan fingerprint density at radius 2 is 1.79 bits per heavy atom. The minimum absolute atomic E-state index is 0.102. The Morgan fingerprint density at radius 1 is 1.11 bits per heavy atom. The number of nitriles is 1. The minimum Gasteiger partial charge on any atom is -0.489 e. The summed E-state index contributed by atoms with van der Waals surface area (Å²) in [5, 5.41) is 12.3. The molecule has 0 radical (unpaired) electrons. The Bertz CT molecular complexity index is 861. The Morgan fingerprint density at radius 3 is 2.43 bits per heavy atom. The number of amides is 1. The summed E-state index contributed by atoms with van der Waals surface area (Å²) in [6.07, 6.45) is 6.99. The molecule has 1 N–H and O–H groups in total. The zero-order chi connectivity index (χ0) is 19.8. The molecule has 1 saturated carbocycles. The topological polar surface area (TPSA) is 62.1 Å². The molecule has 2 aromatic rings. The van der Waals surface area contributed by atoms with Crippen LogP contribution in [-0.4, -0.2) is 11.9 Å². The molecule has 144 valence electrons. The third kappa shape index (κ3) is 5.68. The van der Waals surface area contributed by atoms with Gasteiger partial charge in [-0.2, -0.15) is 5.26 Å². The maximum absolute atomic E-state index is 12.9. The van der Waals surface area contributed by atoms with Gasteiger partial charge in [0.25, 0.3) is 5.91 Å². The summed E-state index contributed by atoms with van der Waals surface area (Å²) in [6, 6.07) is 15.5. The van der Waals surface area contributed by atoms with Crippen molar-refractivity contribution >= 4 is 12.0 Å². The monoisotopic (exact) mass is 378 g/mol. The summed E-state index contributed by atoms with van der Waals surface area (Å²) in [7, 11) is 0. The van der Waals surface area contributed by atoms with E-state index in [-0.39, 0.29) is 23.3 Å². The van der Waals surface area contributed by atoms with E-state index in [2.05, 4.69) is 5.32 Å². The van der Waals surface area contributed by atoms with E-state index in [9.17, 15) is 14.4 Å². The van der Waals surface area contributed by atoms with E-state index in [0.29, 0.717) is 12.4 Å². The normalized spacial score (nSPS) is 14.9. The van der Waals surface area contributed by atoms with Crippen LogP contribution >= 0.6 is 0 Å². The van der Waals surface area contributed by atoms with Gasteiger partial charge in [0, 0.05) is 6.04 Å². The molecule has 0 saturated heterocycles. The molecule has 1 fully saturated rings. The molecule has 0 heterocycles. The lowest BCUT2D eigenvalue weighted by Gasteiger charge is -2.22. The van der Waals surface area contributed by atoms with Crippen LogP contribution in [0.25, 0.3) is 6.08 Å². The van der Waals surface area contributed by atoms with Gasteiger partial charge in [0.2, 0.25) is 0 Å². The van der Waals surface area contributed by atoms with Gasteiger partial charge in [-0.3, -0.25) is 4.79 Å². The maximum Gasteiger partial charge on any atom is 0.262 e. The molecule has 3 rings (SSSR count). The molecule has 0 aromatic heterocycles. The van der Waals surface area contributed by atoms with Crippen LogP contribution < -0.4 is 10.1 Å². The number of hydrogen-bond donors (Lipinski definition) is 1. The first-order valence-electron chi connectivity index (χ1n) is 9.54. The Labute approximate surface area is 164 Å². The highest BCUT2D eigenvalue weighted by Gasteiger charge is 2.18. The second kappa shape index (κ2) is 9.70. The van der Waals surface area contributed by atoms with Gasteiger partial charge in [-0.25, -0.2) is 4.39 Å². The number of hydrogen-bond acceptors (Lipinski definition) is 3. The van der Waals surface area contributed by atoms with Crippen molar-refractivity contribution in [3.63, 3.8) is 0 Å². The van der Waals surface area contributed by atoms with Crippen LogP contribution in [0, 0.1) is 17.1 Å². The summed E-state index contributed by atoms with van der Waals surface area (Å²) >= 11 is 0. The first-order valence-corrected chi connectivity index (χ1v) is 9.54. The van der Waals surface area contributed by atoms with Crippen LogP contribution in [0.15, 0.2) is 54.1 Å². The van der Waals surface area contributed by atoms with E-state index >= 15 is 0 Å². The average molecular weight is 378 g/mol. The lowest BCUT2D eigenvalue weighted by atomic mass is 9.95. The van der Waals surface area contributed by atoms with Crippen LogP contribution in [0.5, 0.6) is 5.75 Å². The number of ether oxygens (including phenoxy) is 1. The molecule has 1 aliphatic carbocycles. The summed E-state index contributed by atoms with van der Waals surface area (Å²) < 4.78 is 18.6. The van der Waals surface area contributed by atoms with Gasteiger partial charge < -0.3 is 10.1 Å². The highest BCUT2D eigenvalue weighted by molar-refractivity contribution is 6.01. The molecule has 5 heteroatoms. The van der Waals surface area contributed by atoms with Crippen molar-refractivity contribution < 1.29 is 13.9 Å². The van der Waals surface area contributed by atoms with Gasteiger partial charge in [0.1, 0.15) is 29.8 Å². The Kier molecular flexibility index (Phi) is 6.80. The standard InChI is InChI=1S/C23H23FN2O2/c24-20-10-6-18(7-11-20)16-28-22-12-8-17(9-13-22)14-19(15-25)23(27)26-21-4-2-1-3-5-21/h6-14,21H,1-5,16H2,(H,26,27). The molecular formula is C23H23FN2O2. The summed E-state index contributed by atoms with van der Waals surface area (Å²) in [5.74, 6) is 0.0680. The zero-order valence-electron chi connectivity index (χ0n) is 15.7. The molecule has 28 heavy (non-hydrogen) atoms. The average Bonchev–Trinajstić information content (AvgIpc) is 2.73. The zero-order valence-corrected chi connectivity index (χ0v) is 15.7. The second-order valence-corrected chi connectivity index (χ2v) is 6.96. The lowest BCUT2D eigenvalue weighted by molar-refractivity contribution is -0.117. The Balaban J connectivity index is 1.58. The number of halogens is 1. The fourth-order valence-corrected chi connectivity index (χ4v) is 3.23. The molecule has 1 aliphatic rings. The van der Waals surface area contributed by atoms with Crippen LogP contribution in [0.1, 0.15) is 43.2 Å². The lowest BCUT2D eigenvalue weighted by Crippen LogP contribution is -2.36. The summed E-state index contributed by atoms with van der Waals surface area (Å²) in [4.78, 5) is 12.3. The van der Waals surface area contributed by atoms with Crippen molar-refractivity contribution in [2.24, 2.45) is 0 Å². The fourth-order valence-electron chi connectivity index (χ4n) is 3.23. The quantitative estimate of drug-likeness (QED) is 0.582. The van der Waals surface area contributed by atoms with Gasteiger partial charge in [-0.05, 0) is 54.3 Å². The molecule has 0 atom stereocenters. The van der Waals surface area contributed by atoms with E-state index in [1.807, 2.05) is 6.07 Å². The van der Waals surface area contributed by atoms with Crippen LogP contribution in [-0.2, 0) is 11.4 Å². The van der Waals surface area contributed by atoms with Gasteiger partial charge in [0.05, 0.1) is 0 Å². The molecule has 4 nitrogen and oxygen atoms in total. The van der Waals surface area contributed by atoms with E-state index in [1.54, 1.807) is 42.5 Å². The highest BCUT2D eigenvalue weighted by Crippen LogP contribution is 2.19. The number of benzene rings is 2. The molecular weight excluding hydrogens is 355 g/mol. The largest absolute Gasteiger partial charge is 0.489 e. The summed E-state index contributed by atoms with van der Waals surface area (Å²) in [6.45, 7) is 0.336. The third-order valence-corrected chi connectivity index (χ3v) is 4.82. The number of rotatable bonds is 6. The highest BCUT2D eigenvalue weighted by atomic mass is 19.1. The van der Waals surface area contributed by atoms with Crippen molar-refractivity contribution in [2.45, 2.75) is 44.8 Å². The third-order valence-electron chi connectivity index (χ3n) is 4.82. The van der Waals surface area contributed by atoms with Gasteiger partial charge >= 0.3 is 0 Å². The molecule has 0 aliphatic heterocycles. The van der Waals surface area contributed by atoms with Gasteiger partial charge in [-0.15, -0.1) is 0 Å². The van der Waals surface area contributed by atoms with Crippen molar-refractivity contribution in [1.82, 2.24) is 5.32 Å². The van der Waals surface area contributed by atoms with Crippen LogP contribution in [0.4, 0.5) is 4.39 Å². The SMILES string of the molecule is N#CC(=Cc1ccc(OCc2ccc(F)cc2)cc1)C(=O)NC1CCCCC1. The van der Waals surface area contributed by atoms with Gasteiger partial charge in [-0.1, -0.05) is 43.5 Å². The molecule has 0 unspecified atom stereocenters. The summed E-state index contributed by atoms with van der Waals surface area (Å²) in [5.41, 5.74) is 1.73.